The van der Waals surface area contributed by atoms with E-state index in [9.17, 15) is 4.79 Å². The summed E-state index contributed by atoms with van der Waals surface area (Å²) >= 11 is 0. The molecule has 1 atom stereocenters. The summed E-state index contributed by atoms with van der Waals surface area (Å²) in [6, 6.07) is 0. The van der Waals surface area contributed by atoms with Crippen LogP contribution in [-0.2, 0) is 9.53 Å². The van der Waals surface area contributed by atoms with E-state index in [0.717, 1.165) is 32.2 Å². The fourth-order valence-electron chi connectivity index (χ4n) is 1.34. The van der Waals surface area contributed by atoms with Crippen LogP contribution in [0.4, 0.5) is 0 Å². The molecule has 0 aliphatic rings. The summed E-state index contributed by atoms with van der Waals surface area (Å²) in [5, 5.41) is 0. The normalized spacial score (nSPS) is 14.3. The fraction of sp³-hybridized carbons (Fsp3) is 0.923. The molecule has 0 rings (SSSR count). The lowest BCUT2D eigenvalue weighted by Gasteiger charge is -2.19. The fourth-order valence-corrected chi connectivity index (χ4v) is 1.34. The average molecular weight is 214 g/mol. The number of hydrogen-bond donors (Lipinski definition) is 0. The van der Waals surface area contributed by atoms with Crippen LogP contribution in [0.2, 0.25) is 0 Å². The molecule has 0 N–H and O–H groups in total. The first-order valence-electron chi connectivity index (χ1n) is 5.95. The average Bonchev–Trinajstić information content (AvgIpc) is 2.14. The van der Waals surface area contributed by atoms with E-state index in [1.165, 1.54) is 0 Å². The second kappa shape index (κ2) is 7.00. The maximum absolute atomic E-state index is 10.7. The van der Waals surface area contributed by atoms with Crippen LogP contribution in [0.25, 0.3) is 0 Å². The standard InChI is InChI=1S/C13H26O2/c1-11(2)9-15-12(3)7-6-8-13(4,5)10-14/h10-12H,6-9H2,1-5H3. The van der Waals surface area contributed by atoms with Crippen molar-refractivity contribution in [1.29, 1.82) is 0 Å². The molecule has 0 fully saturated rings. The van der Waals surface area contributed by atoms with E-state index in [1.807, 2.05) is 13.8 Å². The Morgan fingerprint density at radius 3 is 2.33 bits per heavy atom. The Hall–Kier alpha value is -0.370. The molecule has 0 heterocycles. The molecule has 0 aromatic rings. The van der Waals surface area contributed by atoms with Gasteiger partial charge in [0.1, 0.15) is 6.29 Å². The van der Waals surface area contributed by atoms with Gasteiger partial charge < -0.3 is 9.53 Å². The largest absolute Gasteiger partial charge is 0.378 e. The Balaban J connectivity index is 3.54. The number of rotatable bonds is 8. The third-order valence-corrected chi connectivity index (χ3v) is 2.46. The van der Waals surface area contributed by atoms with Crippen LogP contribution in [0, 0.1) is 11.3 Å². The third kappa shape index (κ3) is 8.61. The zero-order valence-electron chi connectivity index (χ0n) is 10.9. The summed E-state index contributed by atoms with van der Waals surface area (Å²) < 4.78 is 5.66. The van der Waals surface area contributed by atoms with Crippen LogP contribution in [0.5, 0.6) is 0 Å². The van der Waals surface area contributed by atoms with Gasteiger partial charge in [0.2, 0.25) is 0 Å². The van der Waals surface area contributed by atoms with Crippen LogP contribution >= 0.6 is 0 Å². The van der Waals surface area contributed by atoms with E-state index < -0.39 is 0 Å². The Morgan fingerprint density at radius 2 is 1.87 bits per heavy atom. The number of carbonyl (C=O) groups is 1. The molecule has 0 spiro atoms. The molecule has 0 aliphatic carbocycles. The quantitative estimate of drug-likeness (QED) is 0.578. The Bertz CT molecular complexity index is 173. The van der Waals surface area contributed by atoms with Crippen molar-refractivity contribution in [2.45, 2.75) is 60.0 Å². The van der Waals surface area contributed by atoms with Crippen LogP contribution in [0.15, 0.2) is 0 Å². The smallest absolute Gasteiger partial charge is 0.125 e. The lowest BCUT2D eigenvalue weighted by molar-refractivity contribution is -0.115. The minimum atomic E-state index is -0.169. The monoisotopic (exact) mass is 214 g/mol. The van der Waals surface area contributed by atoms with Gasteiger partial charge in [-0.2, -0.15) is 0 Å². The maximum atomic E-state index is 10.7. The highest BCUT2D eigenvalue weighted by molar-refractivity contribution is 5.57. The van der Waals surface area contributed by atoms with Gasteiger partial charge in [-0.3, -0.25) is 0 Å². The molecule has 2 heteroatoms. The van der Waals surface area contributed by atoms with Gasteiger partial charge in [0, 0.05) is 12.0 Å². The molecule has 0 aromatic heterocycles. The SMILES string of the molecule is CC(C)COC(C)CCCC(C)(C)C=O. The van der Waals surface area contributed by atoms with Crippen LogP contribution in [0.1, 0.15) is 53.9 Å². The van der Waals surface area contributed by atoms with E-state index in [1.54, 1.807) is 0 Å². The van der Waals surface area contributed by atoms with Gasteiger partial charge >= 0.3 is 0 Å². The molecule has 0 aliphatic heterocycles. The lowest BCUT2D eigenvalue weighted by Crippen LogP contribution is -2.16. The predicted molar refractivity (Wildman–Crippen MR) is 63.9 cm³/mol. The van der Waals surface area contributed by atoms with Crippen molar-refractivity contribution in [3.8, 4) is 0 Å². The van der Waals surface area contributed by atoms with E-state index in [2.05, 4.69) is 20.8 Å². The molecule has 0 amide bonds. The first-order valence-corrected chi connectivity index (χ1v) is 5.95. The maximum Gasteiger partial charge on any atom is 0.125 e. The van der Waals surface area contributed by atoms with Crippen LogP contribution in [-0.4, -0.2) is 19.0 Å². The predicted octanol–water partition coefficient (Wildman–Crippen LogP) is 3.44. The van der Waals surface area contributed by atoms with Gasteiger partial charge in [-0.1, -0.05) is 27.7 Å². The Kier molecular flexibility index (Phi) is 6.82. The third-order valence-electron chi connectivity index (χ3n) is 2.46. The molecule has 0 saturated carbocycles. The van der Waals surface area contributed by atoms with Gasteiger partial charge in [0.15, 0.2) is 0 Å². The number of carbonyl (C=O) groups excluding carboxylic acids is 1. The van der Waals surface area contributed by atoms with Crippen LogP contribution < -0.4 is 0 Å². The summed E-state index contributed by atoms with van der Waals surface area (Å²) in [7, 11) is 0. The van der Waals surface area contributed by atoms with Crippen molar-refractivity contribution in [3.05, 3.63) is 0 Å². The highest BCUT2D eigenvalue weighted by Gasteiger charge is 2.16. The lowest BCUT2D eigenvalue weighted by atomic mass is 9.88. The van der Waals surface area contributed by atoms with E-state index in [-0.39, 0.29) is 5.41 Å². The topological polar surface area (TPSA) is 26.3 Å². The van der Waals surface area contributed by atoms with Gasteiger partial charge in [-0.25, -0.2) is 0 Å². The van der Waals surface area contributed by atoms with E-state index in [4.69, 9.17) is 4.74 Å². The molecule has 15 heavy (non-hydrogen) atoms. The number of ether oxygens (including phenoxy) is 1. The summed E-state index contributed by atoms with van der Waals surface area (Å²) in [5.41, 5.74) is -0.169. The van der Waals surface area contributed by atoms with Gasteiger partial charge in [-0.15, -0.1) is 0 Å². The highest BCUT2D eigenvalue weighted by Crippen LogP contribution is 2.21. The summed E-state index contributed by atoms with van der Waals surface area (Å²) in [6.45, 7) is 11.2. The zero-order chi connectivity index (χ0) is 11.9. The first-order chi connectivity index (χ1) is 6.87. The second-order valence-corrected chi connectivity index (χ2v) is 5.54. The minimum Gasteiger partial charge on any atom is -0.378 e. The van der Waals surface area contributed by atoms with Crippen molar-refractivity contribution >= 4 is 6.29 Å². The zero-order valence-corrected chi connectivity index (χ0v) is 10.9. The molecule has 90 valence electrons. The molecule has 0 saturated heterocycles. The number of aldehydes is 1. The summed E-state index contributed by atoms with van der Waals surface area (Å²) in [4.78, 5) is 10.7. The van der Waals surface area contributed by atoms with Crippen molar-refractivity contribution in [1.82, 2.24) is 0 Å². The van der Waals surface area contributed by atoms with Crippen molar-refractivity contribution in [2.75, 3.05) is 6.61 Å². The van der Waals surface area contributed by atoms with Gasteiger partial charge in [0.25, 0.3) is 0 Å². The van der Waals surface area contributed by atoms with Gasteiger partial charge in [-0.05, 0) is 32.1 Å². The van der Waals surface area contributed by atoms with Crippen molar-refractivity contribution < 1.29 is 9.53 Å². The Labute approximate surface area is 94.4 Å². The second-order valence-electron chi connectivity index (χ2n) is 5.54. The van der Waals surface area contributed by atoms with E-state index in [0.29, 0.717) is 12.0 Å². The Morgan fingerprint density at radius 1 is 1.27 bits per heavy atom. The molecular formula is C13H26O2. The summed E-state index contributed by atoms with van der Waals surface area (Å²) in [5.74, 6) is 0.596. The minimum absolute atomic E-state index is 0.169. The first kappa shape index (κ1) is 14.6. The molecule has 0 radical (unpaired) electrons. The molecule has 0 aromatic carbocycles. The summed E-state index contributed by atoms with van der Waals surface area (Å²) in [6.07, 6.45) is 4.42. The highest BCUT2D eigenvalue weighted by atomic mass is 16.5. The molecule has 1 unspecified atom stereocenters. The van der Waals surface area contributed by atoms with E-state index >= 15 is 0 Å². The molecule has 0 bridgehead atoms. The number of hydrogen-bond acceptors (Lipinski definition) is 2. The van der Waals surface area contributed by atoms with Crippen molar-refractivity contribution in [3.63, 3.8) is 0 Å². The van der Waals surface area contributed by atoms with Crippen molar-refractivity contribution in [2.24, 2.45) is 11.3 Å². The molecule has 2 nitrogen and oxygen atoms in total. The van der Waals surface area contributed by atoms with Crippen LogP contribution in [0.3, 0.4) is 0 Å². The molecular weight excluding hydrogens is 188 g/mol. The van der Waals surface area contributed by atoms with Gasteiger partial charge in [0.05, 0.1) is 6.10 Å².